The quantitative estimate of drug-likeness (QED) is 0.323. The van der Waals surface area contributed by atoms with Crippen LogP contribution in [0.4, 0.5) is 0 Å². The third-order valence-electron chi connectivity index (χ3n) is 0. The van der Waals surface area contributed by atoms with E-state index in [1.165, 1.54) is 0 Å². The van der Waals surface area contributed by atoms with E-state index in [2.05, 4.69) is 0 Å². The fourth-order valence-corrected chi connectivity index (χ4v) is 0. The first-order chi connectivity index (χ1) is 0. The van der Waals surface area contributed by atoms with Crippen molar-refractivity contribution in [2.24, 2.45) is 0 Å². The van der Waals surface area contributed by atoms with E-state index in [4.69, 9.17) is 0 Å². The molecule has 8 heavy (non-hydrogen) atoms. The third-order valence-corrected chi connectivity index (χ3v) is 0. The maximum absolute atomic E-state index is 0. The van der Waals surface area contributed by atoms with Crippen molar-refractivity contribution >= 4 is 0 Å². The van der Waals surface area contributed by atoms with E-state index in [-0.39, 0.29) is 162 Å². The summed E-state index contributed by atoms with van der Waals surface area (Å²) in [7, 11) is 0. The Labute approximate surface area is 158 Å². The Kier molecular flexibility index (Phi) is 522. The summed E-state index contributed by atoms with van der Waals surface area (Å²) in [6.07, 6.45) is 0. The Hall–Kier alpha value is 5.14. The van der Waals surface area contributed by atoms with Crippen LogP contribution in [0.25, 0.3) is 0 Å². The van der Waals surface area contributed by atoms with E-state index in [0.29, 0.717) is 0 Å². The molecule has 0 saturated heterocycles. The Bertz CT molecular complexity index is 4.35. The van der Waals surface area contributed by atoms with Crippen molar-refractivity contribution in [2.75, 3.05) is 0 Å². The maximum atomic E-state index is 0. The van der Waals surface area contributed by atoms with Gasteiger partial charge in [-0.15, -0.1) is 0 Å². The molecule has 0 aromatic rings. The summed E-state index contributed by atoms with van der Waals surface area (Å²) >= 11 is 0. The fourth-order valence-electron chi connectivity index (χ4n) is 0. The molecule has 0 saturated carbocycles. The van der Waals surface area contributed by atoms with Crippen LogP contribution in [-0.2, 0) is 162 Å². The molecule has 0 bridgehead atoms. The first kappa shape index (κ1) is 73.3. The molecule has 0 N–H and O–H groups in total. The van der Waals surface area contributed by atoms with Gasteiger partial charge >= 0.3 is 22.4 Å². The molecule has 0 heterocycles. The van der Waals surface area contributed by atoms with Crippen molar-refractivity contribution in [3.63, 3.8) is 0 Å². The minimum Gasteiger partial charge on any atom is -2.00 e. The SMILES string of the molecule is [Nb+2].[Nb].[Nb].[Nb].[Nb].[Nb].[Nb].[O-2]. The van der Waals surface area contributed by atoms with Gasteiger partial charge in [0.1, 0.15) is 0 Å². The molecule has 0 spiro atoms. The first-order valence-electron chi connectivity index (χ1n) is 0. The van der Waals surface area contributed by atoms with E-state index in [1.807, 2.05) is 0 Å². The Morgan fingerprint density at radius 2 is 0.375 bits per heavy atom. The molecule has 0 rings (SSSR count). The van der Waals surface area contributed by atoms with Crippen LogP contribution < -0.4 is 0 Å². The van der Waals surface area contributed by atoms with Crippen molar-refractivity contribution in [2.45, 2.75) is 0 Å². The summed E-state index contributed by atoms with van der Waals surface area (Å²) in [5.41, 5.74) is 0. The second-order valence-electron chi connectivity index (χ2n) is 0. The maximum Gasteiger partial charge on any atom is 2.00 e. The Morgan fingerprint density at radius 1 is 0.375 bits per heavy atom. The van der Waals surface area contributed by atoms with Gasteiger partial charge in [0.25, 0.3) is 0 Å². The molecule has 0 fully saturated rings. The van der Waals surface area contributed by atoms with Crippen molar-refractivity contribution in [1.82, 2.24) is 0 Å². The van der Waals surface area contributed by atoms with Gasteiger partial charge in [-0.05, 0) is 0 Å². The van der Waals surface area contributed by atoms with E-state index in [0.717, 1.165) is 0 Å². The summed E-state index contributed by atoms with van der Waals surface area (Å²) in [4.78, 5) is 0. The van der Waals surface area contributed by atoms with Gasteiger partial charge in [-0.2, -0.15) is 0 Å². The largest absolute Gasteiger partial charge is 2.00 e. The second-order valence-corrected chi connectivity index (χ2v) is 0. The molecule has 0 aromatic heterocycles. The summed E-state index contributed by atoms with van der Waals surface area (Å²) in [6, 6.07) is 0. The van der Waals surface area contributed by atoms with Crippen LogP contribution in [-0.4, -0.2) is 0 Å². The fraction of sp³-hybridized carbons (Fsp3) is 0. The normalized spacial score (nSPS) is 0. The number of rotatable bonds is 0. The van der Waals surface area contributed by atoms with Crippen LogP contribution in [0, 0.1) is 0 Å². The van der Waals surface area contributed by atoms with Crippen molar-refractivity contribution in [1.29, 1.82) is 0 Å². The van der Waals surface area contributed by atoms with Crippen molar-refractivity contribution in [3.05, 3.63) is 0 Å². The van der Waals surface area contributed by atoms with Gasteiger partial charge in [-0.1, -0.05) is 0 Å². The number of hydrogen-bond acceptors (Lipinski definition) is 0. The molecule has 0 aliphatic rings. The second kappa shape index (κ2) is 57.0. The topological polar surface area (TPSA) is 28.5 Å². The predicted molar refractivity (Wildman–Crippen MR) is 0.686 cm³/mol. The van der Waals surface area contributed by atoms with Crippen LogP contribution in [0.15, 0.2) is 0 Å². The monoisotopic (exact) mass is 666 g/mol. The van der Waals surface area contributed by atoms with Crippen molar-refractivity contribution < 1.29 is 162 Å². The van der Waals surface area contributed by atoms with Gasteiger partial charge in [-0.25, -0.2) is 0 Å². The summed E-state index contributed by atoms with van der Waals surface area (Å²) in [5, 5.41) is 0. The molecule has 0 aliphatic carbocycles. The molecule has 0 aromatic carbocycles. The Morgan fingerprint density at radius 3 is 0.375 bits per heavy atom. The zero-order valence-corrected chi connectivity index (χ0v) is 18.9. The van der Waals surface area contributed by atoms with Crippen LogP contribution in [0.1, 0.15) is 0 Å². The summed E-state index contributed by atoms with van der Waals surface area (Å²) in [5.74, 6) is 0. The van der Waals surface area contributed by atoms with Crippen LogP contribution in [0.3, 0.4) is 0 Å². The van der Waals surface area contributed by atoms with Crippen LogP contribution in [0.2, 0.25) is 0 Å². The Balaban J connectivity index is 0. The zero-order chi connectivity index (χ0) is 0. The smallest absolute Gasteiger partial charge is 2.00 e. The molecule has 0 amide bonds. The van der Waals surface area contributed by atoms with Crippen LogP contribution >= 0.6 is 0 Å². The molecule has 0 unspecified atom stereocenters. The average molecular weight is 666 g/mol. The van der Waals surface area contributed by atoms with Gasteiger partial charge in [0.05, 0.1) is 0 Å². The van der Waals surface area contributed by atoms with E-state index >= 15 is 0 Å². The predicted octanol–water partition coefficient (Wildman–Crippen LogP) is -0.136. The first-order valence-corrected chi connectivity index (χ1v) is 0. The third kappa shape index (κ3) is 43.3. The van der Waals surface area contributed by atoms with E-state index in [1.54, 1.807) is 0 Å². The molecule has 41 valence electrons. The average Bonchev–Trinajstić information content (AvgIpc) is 0. The molecule has 1 nitrogen and oxygen atoms in total. The molecule has 8 heteroatoms. The van der Waals surface area contributed by atoms with Gasteiger partial charge < -0.3 is 5.48 Å². The summed E-state index contributed by atoms with van der Waals surface area (Å²) in [6.45, 7) is 0. The molecule has 0 atom stereocenters. The molecular formula is Nb7O. The summed E-state index contributed by atoms with van der Waals surface area (Å²) < 4.78 is 0. The molecule has 7 radical (unpaired) electrons. The van der Waals surface area contributed by atoms with Gasteiger partial charge in [0.15, 0.2) is 0 Å². The van der Waals surface area contributed by atoms with E-state index < -0.39 is 0 Å². The standard InChI is InChI=1S/7Nb.O/q;;;;;;+2;-2. The van der Waals surface area contributed by atoms with Crippen LogP contribution in [0.5, 0.6) is 0 Å². The van der Waals surface area contributed by atoms with E-state index in [9.17, 15) is 0 Å². The minimum atomic E-state index is 0. The molecular weight excluding hydrogens is 666 g/mol. The molecule has 0 aliphatic heterocycles. The minimum absolute atomic E-state index is 0. The zero-order valence-electron chi connectivity index (χ0n) is 3.54. The van der Waals surface area contributed by atoms with Gasteiger partial charge in [0.2, 0.25) is 0 Å². The van der Waals surface area contributed by atoms with Gasteiger partial charge in [0, 0.05) is 134 Å². The van der Waals surface area contributed by atoms with Crippen molar-refractivity contribution in [3.8, 4) is 0 Å². The number of hydrogen-bond donors (Lipinski definition) is 0. The van der Waals surface area contributed by atoms with Gasteiger partial charge in [-0.3, -0.25) is 0 Å².